The minimum Gasteiger partial charge on any atom is -0.325 e. The molecule has 0 aliphatic carbocycles. The van der Waals surface area contributed by atoms with Crippen molar-refractivity contribution in [2.24, 2.45) is 0 Å². The van der Waals surface area contributed by atoms with Gasteiger partial charge in [-0.15, -0.1) is 10.2 Å². The second kappa shape index (κ2) is 9.06. The topological polar surface area (TPSA) is 72.7 Å². The van der Waals surface area contributed by atoms with E-state index >= 15 is 0 Å². The van der Waals surface area contributed by atoms with Crippen molar-refractivity contribution in [2.45, 2.75) is 5.16 Å². The molecule has 0 aliphatic rings. The van der Waals surface area contributed by atoms with Gasteiger partial charge in [0.2, 0.25) is 5.91 Å². The molecule has 1 amide bonds. The summed E-state index contributed by atoms with van der Waals surface area (Å²) in [7, 11) is 0. The van der Waals surface area contributed by atoms with Gasteiger partial charge in [-0.3, -0.25) is 14.3 Å². The normalized spacial score (nSPS) is 10.7. The van der Waals surface area contributed by atoms with Gasteiger partial charge in [0, 0.05) is 34.4 Å². The highest BCUT2D eigenvalue weighted by atomic mass is 35.5. The molecule has 150 valence electrons. The monoisotopic (exact) mass is 439 g/mol. The highest BCUT2D eigenvalue weighted by molar-refractivity contribution is 7.99. The van der Waals surface area contributed by atoms with Crippen molar-refractivity contribution in [1.29, 1.82) is 0 Å². The molecular weight excluding hydrogens is 425 g/mol. The van der Waals surface area contributed by atoms with Crippen LogP contribution in [0.5, 0.6) is 0 Å². The molecule has 2 heterocycles. The van der Waals surface area contributed by atoms with Crippen molar-refractivity contribution < 1.29 is 9.18 Å². The van der Waals surface area contributed by atoms with Crippen LogP contribution >= 0.6 is 23.4 Å². The zero-order valence-electron chi connectivity index (χ0n) is 15.5. The Morgan fingerprint density at radius 2 is 1.70 bits per heavy atom. The Labute approximate surface area is 181 Å². The molecule has 0 radical (unpaired) electrons. The highest BCUT2D eigenvalue weighted by Crippen LogP contribution is 2.28. The van der Waals surface area contributed by atoms with E-state index in [0.29, 0.717) is 27.4 Å². The first kappa shape index (κ1) is 20.1. The lowest BCUT2D eigenvalue weighted by atomic mass is 10.2. The summed E-state index contributed by atoms with van der Waals surface area (Å²) in [5.41, 5.74) is 2.15. The van der Waals surface area contributed by atoms with E-state index in [0.717, 1.165) is 5.56 Å². The minimum atomic E-state index is -0.339. The summed E-state index contributed by atoms with van der Waals surface area (Å²) in [4.78, 5) is 16.4. The van der Waals surface area contributed by atoms with E-state index in [1.165, 1.54) is 23.9 Å². The third kappa shape index (κ3) is 4.67. The number of nitrogens with zero attached hydrogens (tertiary/aromatic N) is 4. The third-order valence-corrected chi connectivity index (χ3v) is 5.30. The van der Waals surface area contributed by atoms with E-state index in [1.807, 2.05) is 12.1 Å². The van der Waals surface area contributed by atoms with Crippen molar-refractivity contribution in [3.8, 4) is 17.1 Å². The fourth-order valence-corrected chi connectivity index (χ4v) is 3.61. The highest BCUT2D eigenvalue weighted by Gasteiger charge is 2.17. The van der Waals surface area contributed by atoms with Crippen molar-refractivity contribution in [2.75, 3.05) is 11.1 Å². The number of carbonyl (C=O) groups is 1. The molecule has 4 rings (SSSR count). The summed E-state index contributed by atoms with van der Waals surface area (Å²) < 4.78 is 15.2. The van der Waals surface area contributed by atoms with Crippen LogP contribution in [0.2, 0.25) is 5.02 Å². The molecule has 0 bridgehead atoms. The van der Waals surface area contributed by atoms with Gasteiger partial charge in [0.25, 0.3) is 0 Å². The number of anilines is 1. The molecule has 2 aromatic carbocycles. The molecule has 0 fully saturated rings. The van der Waals surface area contributed by atoms with E-state index in [1.54, 1.807) is 53.4 Å². The van der Waals surface area contributed by atoms with Gasteiger partial charge in [-0.2, -0.15) is 0 Å². The number of aromatic nitrogens is 4. The summed E-state index contributed by atoms with van der Waals surface area (Å²) in [6.45, 7) is 0. The van der Waals surface area contributed by atoms with E-state index in [9.17, 15) is 9.18 Å². The molecular formula is C21H15ClFN5OS. The van der Waals surface area contributed by atoms with Gasteiger partial charge in [-0.25, -0.2) is 4.39 Å². The quantitative estimate of drug-likeness (QED) is 0.435. The lowest BCUT2D eigenvalue weighted by molar-refractivity contribution is -0.113. The molecule has 0 unspecified atom stereocenters. The average Bonchev–Trinajstić information content (AvgIpc) is 3.19. The molecule has 0 saturated carbocycles. The largest absolute Gasteiger partial charge is 0.325 e. The van der Waals surface area contributed by atoms with Gasteiger partial charge in [0.15, 0.2) is 11.0 Å². The van der Waals surface area contributed by atoms with Crippen LogP contribution in [0.3, 0.4) is 0 Å². The maximum Gasteiger partial charge on any atom is 0.234 e. The minimum absolute atomic E-state index is 0.123. The second-order valence-electron chi connectivity index (χ2n) is 6.20. The number of nitrogens with one attached hydrogen (secondary N) is 1. The number of carbonyl (C=O) groups excluding carboxylic acids is 1. The van der Waals surface area contributed by atoms with Gasteiger partial charge < -0.3 is 5.32 Å². The Bertz CT molecular complexity index is 1150. The molecule has 2 aromatic heterocycles. The molecule has 0 aliphatic heterocycles. The Hall–Kier alpha value is -3.23. The zero-order chi connectivity index (χ0) is 20.9. The first-order chi connectivity index (χ1) is 14.6. The number of hydrogen-bond donors (Lipinski definition) is 1. The van der Waals surface area contributed by atoms with Crippen LogP contribution in [0.25, 0.3) is 17.1 Å². The van der Waals surface area contributed by atoms with Crippen LogP contribution < -0.4 is 5.32 Å². The second-order valence-corrected chi connectivity index (χ2v) is 7.58. The van der Waals surface area contributed by atoms with Crippen LogP contribution in [0.4, 0.5) is 10.1 Å². The zero-order valence-corrected chi connectivity index (χ0v) is 17.1. The molecule has 0 spiro atoms. The van der Waals surface area contributed by atoms with Crippen LogP contribution in [0.15, 0.2) is 78.2 Å². The van der Waals surface area contributed by atoms with Crippen LogP contribution in [0.1, 0.15) is 0 Å². The SMILES string of the molecule is O=C(CSc1nnc(-c2ccncc2)n1-c1ccc(F)cc1)Nc1ccc(Cl)cc1. The van der Waals surface area contributed by atoms with Crippen molar-refractivity contribution in [1.82, 2.24) is 19.7 Å². The summed E-state index contributed by atoms with van der Waals surface area (Å²) in [5, 5.41) is 12.4. The number of amides is 1. The van der Waals surface area contributed by atoms with E-state index in [4.69, 9.17) is 11.6 Å². The average molecular weight is 440 g/mol. The van der Waals surface area contributed by atoms with E-state index in [-0.39, 0.29) is 17.5 Å². The fourth-order valence-electron chi connectivity index (χ4n) is 2.73. The van der Waals surface area contributed by atoms with Crippen LogP contribution in [-0.2, 0) is 4.79 Å². The molecule has 9 heteroatoms. The maximum absolute atomic E-state index is 13.4. The van der Waals surface area contributed by atoms with Gasteiger partial charge in [0.05, 0.1) is 5.75 Å². The van der Waals surface area contributed by atoms with Crippen molar-refractivity contribution in [3.63, 3.8) is 0 Å². The smallest absolute Gasteiger partial charge is 0.234 e. The molecule has 1 N–H and O–H groups in total. The predicted octanol–water partition coefficient (Wildman–Crippen LogP) is 4.85. The Balaban J connectivity index is 1.58. The number of thioether (sulfide) groups is 1. The molecule has 6 nitrogen and oxygen atoms in total. The molecule has 30 heavy (non-hydrogen) atoms. The van der Waals surface area contributed by atoms with Gasteiger partial charge >= 0.3 is 0 Å². The van der Waals surface area contributed by atoms with Gasteiger partial charge in [0.1, 0.15) is 5.82 Å². The van der Waals surface area contributed by atoms with Crippen LogP contribution in [-0.4, -0.2) is 31.4 Å². The summed E-state index contributed by atoms with van der Waals surface area (Å²) in [6.07, 6.45) is 3.32. The number of halogens is 2. The maximum atomic E-state index is 13.4. The predicted molar refractivity (Wildman–Crippen MR) is 115 cm³/mol. The number of hydrogen-bond acceptors (Lipinski definition) is 5. The number of benzene rings is 2. The van der Waals surface area contributed by atoms with Crippen molar-refractivity contribution in [3.05, 3.63) is 83.9 Å². The van der Waals surface area contributed by atoms with Crippen molar-refractivity contribution >= 4 is 35.0 Å². The Kier molecular flexibility index (Phi) is 6.06. The lowest BCUT2D eigenvalue weighted by Crippen LogP contribution is -2.14. The molecule has 4 aromatic rings. The summed E-state index contributed by atoms with van der Waals surface area (Å²) >= 11 is 7.10. The third-order valence-electron chi connectivity index (χ3n) is 4.12. The Morgan fingerprint density at radius 3 is 2.40 bits per heavy atom. The first-order valence-corrected chi connectivity index (χ1v) is 10.3. The number of pyridine rings is 1. The van der Waals surface area contributed by atoms with E-state index < -0.39 is 0 Å². The first-order valence-electron chi connectivity index (χ1n) is 8.90. The van der Waals surface area contributed by atoms with Gasteiger partial charge in [-0.1, -0.05) is 23.4 Å². The van der Waals surface area contributed by atoms with Crippen LogP contribution in [0, 0.1) is 5.82 Å². The fraction of sp³-hybridized carbons (Fsp3) is 0.0476. The number of rotatable bonds is 6. The Morgan fingerprint density at radius 1 is 1.00 bits per heavy atom. The standard InChI is InChI=1S/C21H15ClFN5OS/c22-15-1-5-17(6-2-15)25-19(29)13-30-21-27-26-20(14-9-11-24-12-10-14)28(21)18-7-3-16(23)4-8-18/h1-12H,13H2,(H,25,29). The van der Waals surface area contributed by atoms with Gasteiger partial charge in [-0.05, 0) is 60.7 Å². The summed E-state index contributed by atoms with van der Waals surface area (Å²) in [6, 6.07) is 16.5. The molecule has 0 saturated heterocycles. The lowest BCUT2D eigenvalue weighted by Gasteiger charge is -2.10. The van der Waals surface area contributed by atoms with E-state index in [2.05, 4.69) is 20.5 Å². The molecule has 0 atom stereocenters. The summed E-state index contributed by atoms with van der Waals surface area (Å²) in [5.74, 6) is 0.165.